The van der Waals surface area contributed by atoms with Crippen LogP contribution in [0.5, 0.6) is 0 Å². The number of rotatable bonds is 7. The van der Waals surface area contributed by atoms with Crippen molar-refractivity contribution in [2.24, 2.45) is 5.73 Å². The van der Waals surface area contributed by atoms with Crippen LogP contribution in [0.3, 0.4) is 0 Å². The predicted octanol–water partition coefficient (Wildman–Crippen LogP) is 0.162. The van der Waals surface area contributed by atoms with Gasteiger partial charge in [-0.15, -0.1) is 22.0 Å². The Labute approximate surface area is 189 Å². The fraction of sp³-hybridized carbons (Fsp3) is 0.562. The minimum Gasteiger partial charge on any atom is -0.477 e. The lowest BCUT2D eigenvalue weighted by atomic mass is 10.0. The summed E-state index contributed by atoms with van der Waals surface area (Å²) in [5.41, 5.74) is 6.47. The molecule has 4 heterocycles. The Morgan fingerprint density at radius 1 is 1.23 bits per heavy atom. The molecule has 3 aliphatic rings. The van der Waals surface area contributed by atoms with Crippen LogP contribution in [-0.2, 0) is 19.1 Å². The Balaban J connectivity index is 1.33. The van der Waals surface area contributed by atoms with Crippen molar-refractivity contribution in [1.29, 1.82) is 0 Å². The summed E-state index contributed by atoms with van der Waals surface area (Å²) >= 11 is 5.56. The standard InChI is InChI=1S/C16H19N5O5S4/c17-10-12(23)21-11(14(24)25)8(5-27-13(10)21)6-28-15-18-19-16(30-15)29-7-9(22)20-1-3-26-4-2-20/h10,13H,1-7,17H2,(H,24,25)/t10?,13-/m0/s1. The topological polar surface area (TPSA) is 139 Å². The van der Waals surface area contributed by atoms with E-state index in [4.69, 9.17) is 10.5 Å². The summed E-state index contributed by atoms with van der Waals surface area (Å²) in [7, 11) is 0. The maximum absolute atomic E-state index is 12.2. The van der Waals surface area contributed by atoms with E-state index in [1.807, 2.05) is 0 Å². The summed E-state index contributed by atoms with van der Waals surface area (Å²) in [5, 5.41) is 17.5. The molecule has 1 aromatic rings. The molecule has 0 radical (unpaired) electrons. The number of nitrogens with zero attached hydrogens (tertiary/aromatic N) is 4. The highest BCUT2D eigenvalue weighted by Crippen LogP contribution is 2.41. The van der Waals surface area contributed by atoms with Gasteiger partial charge in [-0.05, 0) is 5.57 Å². The van der Waals surface area contributed by atoms with E-state index in [1.165, 1.54) is 51.5 Å². The van der Waals surface area contributed by atoms with Crippen LogP contribution >= 0.6 is 46.6 Å². The molecule has 14 heteroatoms. The summed E-state index contributed by atoms with van der Waals surface area (Å²) in [6, 6.07) is -0.638. The minimum absolute atomic E-state index is 0.0353. The van der Waals surface area contributed by atoms with Crippen molar-refractivity contribution >= 4 is 64.4 Å². The molecule has 162 valence electrons. The van der Waals surface area contributed by atoms with Gasteiger partial charge in [-0.25, -0.2) is 4.79 Å². The van der Waals surface area contributed by atoms with Crippen molar-refractivity contribution in [3.8, 4) is 0 Å². The molecule has 2 saturated heterocycles. The van der Waals surface area contributed by atoms with E-state index in [2.05, 4.69) is 10.2 Å². The summed E-state index contributed by atoms with van der Waals surface area (Å²) < 4.78 is 6.62. The third-order valence-corrected chi connectivity index (χ3v) is 9.35. The quantitative estimate of drug-likeness (QED) is 0.400. The zero-order valence-electron chi connectivity index (χ0n) is 15.7. The van der Waals surface area contributed by atoms with Gasteiger partial charge in [0.25, 0.3) is 0 Å². The average molecular weight is 490 g/mol. The molecule has 3 aliphatic heterocycles. The number of hydrogen-bond acceptors (Lipinski definition) is 11. The van der Waals surface area contributed by atoms with Gasteiger partial charge in [0.15, 0.2) is 8.68 Å². The second-order valence-corrected chi connectivity index (χ2v) is 11.1. The van der Waals surface area contributed by atoms with Gasteiger partial charge in [-0.1, -0.05) is 34.9 Å². The van der Waals surface area contributed by atoms with Crippen LogP contribution in [0.25, 0.3) is 0 Å². The number of carbonyl (C=O) groups is 3. The van der Waals surface area contributed by atoms with Crippen LogP contribution in [0, 0.1) is 0 Å². The first-order valence-corrected chi connectivity index (χ1v) is 12.9. The molecule has 0 bridgehead atoms. The Kier molecular flexibility index (Phi) is 6.89. The maximum atomic E-state index is 12.2. The monoisotopic (exact) mass is 489 g/mol. The molecule has 0 aliphatic carbocycles. The normalized spacial score (nSPS) is 24.0. The maximum Gasteiger partial charge on any atom is 0.352 e. The van der Waals surface area contributed by atoms with Crippen LogP contribution in [0.2, 0.25) is 0 Å². The molecule has 0 spiro atoms. The Bertz CT molecular complexity index is 887. The Morgan fingerprint density at radius 2 is 1.93 bits per heavy atom. The van der Waals surface area contributed by atoms with Crippen LogP contribution in [0.1, 0.15) is 0 Å². The van der Waals surface area contributed by atoms with E-state index >= 15 is 0 Å². The van der Waals surface area contributed by atoms with Crippen molar-refractivity contribution < 1.29 is 24.2 Å². The molecule has 0 aromatic carbocycles. The summed E-state index contributed by atoms with van der Waals surface area (Å²) in [4.78, 5) is 39.0. The molecule has 2 amide bonds. The summed E-state index contributed by atoms with van der Waals surface area (Å²) in [6.45, 7) is 2.36. The molecule has 30 heavy (non-hydrogen) atoms. The molecule has 2 fully saturated rings. The van der Waals surface area contributed by atoms with Gasteiger partial charge in [-0.2, -0.15) is 0 Å². The zero-order valence-corrected chi connectivity index (χ0v) is 18.9. The average Bonchev–Trinajstić information content (AvgIpc) is 3.23. The number of β-lactam (4-membered cyclic amide) rings is 1. The molecule has 0 saturated carbocycles. The summed E-state index contributed by atoms with van der Waals surface area (Å²) in [6.07, 6.45) is 0. The van der Waals surface area contributed by atoms with E-state index in [-0.39, 0.29) is 22.9 Å². The number of thioether (sulfide) groups is 3. The second kappa shape index (κ2) is 9.44. The van der Waals surface area contributed by atoms with Gasteiger partial charge in [0.1, 0.15) is 17.1 Å². The first-order valence-electron chi connectivity index (χ1n) is 9.06. The lowest BCUT2D eigenvalue weighted by molar-refractivity contribution is -0.147. The van der Waals surface area contributed by atoms with E-state index in [0.717, 1.165) is 0 Å². The number of aliphatic carboxylic acids is 1. The molecule has 10 nitrogen and oxygen atoms in total. The molecule has 1 aromatic heterocycles. The van der Waals surface area contributed by atoms with Gasteiger partial charge in [0.2, 0.25) is 11.8 Å². The molecule has 2 atom stereocenters. The number of nitrogens with two attached hydrogens (primary N) is 1. The van der Waals surface area contributed by atoms with E-state index < -0.39 is 12.0 Å². The molecule has 3 N–H and O–H groups in total. The zero-order chi connectivity index (χ0) is 21.3. The fourth-order valence-corrected chi connectivity index (χ4v) is 7.54. The van der Waals surface area contributed by atoms with E-state index in [9.17, 15) is 19.5 Å². The molecule has 1 unspecified atom stereocenters. The number of carboxylic acids is 1. The van der Waals surface area contributed by atoms with Crippen molar-refractivity contribution in [2.75, 3.05) is 43.6 Å². The lowest BCUT2D eigenvalue weighted by Crippen LogP contribution is -2.68. The van der Waals surface area contributed by atoms with Crippen LogP contribution in [-0.4, -0.2) is 97.9 Å². The van der Waals surface area contributed by atoms with Crippen LogP contribution in [0.4, 0.5) is 0 Å². The van der Waals surface area contributed by atoms with E-state index in [1.54, 1.807) is 4.90 Å². The van der Waals surface area contributed by atoms with Crippen LogP contribution < -0.4 is 5.73 Å². The van der Waals surface area contributed by atoms with Crippen LogP contribution in [0.15, 0.2) is 19.9 Å². The number of aromatic nitrogens is 2. The first kappa shape index (κ1) is 21.9. The van der Waals surface area contributed by atoms with Crippen molar-refractivity contribution in [3.63, 3.8) is 0 Å². The number of hydrogen-bond donors (Lipinski definition) is 2. The number of amides is 2. The van der Waals surface area contributed by atoms with E-state index in [0.29, 0.717) is 57.8 Å². The third-order valence-electron chi connectivity index (χ3n) is 4.73. The molecule has 4 rings (SSSR count). The highest BCUT2D eigenvalue weighted by molar-refractivity contribution is 8.03. The predicted molar refractivity (Wildman–Crippen MR) is 114 cm³/mol. The number of fused-ring (bicyclic) bond motifs is 1. The number of morpholine rings is 1. The number of ether oxygens (including phenoxy) is 1. The fourth-order valence-electron chi connectivity index (χ4n) is 3.18. The largest absolute Gasteiger partial charge is 0.477 e. The smallest absolute Gasteiger partial charge is 0.352 e. The Hall–Kier alpha value is -1.32. The number of carbonyl (C=O) groups excluding carboxylic acids is 2. The summed E-state index contributed by atoms with van der Waals surface area (Å²) in [5.74, 6) is -0.228. The number of carboxylic acid groups (broad SMARTS) is 1. The van der Waals surface area contributed by atoms with Gasteiger partial charge in [0, 0.05) is 24.6 Å². The highest BCUT2D eigenvalue weighted by Gasteiger charge is 2.51. The SMILES string of the molecule is NC1C(=O)N2C(C(=O)O)=C(CSc3nnc(SCC(=O)N4CCOCC4)s3)CS[C@@H]12. The molecular weight excluding hydrogens is 470 g/mol. The first-order chi connectivity index (χ1) is 14.5. The second-order valence-electron chi connectivity index (χ2n) is 6.60. The van der Waals surface area contributed by atoms with Gasteiger partial charge < -0.3 is 20.5 Å². The molecular formula is C16H19N5O5S4. The van der Waals surface area contributed by atoms with Gasteiger partial charge in [0.05, 0.1) is 19.0 Å². The van der Waals surface area contributed by atoms with Gasteiger partial charge >= 0.3 is 5.97 Å². The van der Waals surface area contributed by atoms with Crippen molar-refractivity contribution in [3.05, 3.63) is 11.3 Å². The van der Waals surface area contributed by atoms with Crippen molar-refractivity contribution in [2.45, 2.75) is 20.1 Å². The third kappa shape index (κ3) is 4.48. The van der Waals surface area contributed by atoms with Gasteiger partial charge in [-0.3, -0.25) is 14.5 Å². The van der Waals surface area contributed by atoms with Crippen molar-refractivity contribution in [1.82, 2.24) is 20.0 Å². The Morgan fingerprint density at radius 3 is 2.63 bits per heavy atom. The lowest BCUT2D eigenvalue weighted by Gasteiger charge is -2.48. The highest BCUT2D eigenvalue weighted by atomic mass is 32.2. The minimum atomic E-state index is -1.12.